The highest BCUT2D eigenvalue weighted by molar-refractivity contribution is 7.99. The maximum absolute atomic E-state index is 11.6. The third-order valence-electron chi connectivity index (χ3n) is 2.27. The molecule has 0 aliphatic heterocycles. The zero-order valence-corrected chi connectivity index (χ0v) is 11.2. The smallest absolute Gasteiger partial charge is 0.338 e. The summed E-state index contributed by atoms with van der Waals surface area (Å²) in [5.41, 5.74) is 6.89. The van der Waals surface area contributed by atoms with Crippen LogP contribution in [0.1, 0.15) is 17.3 Å². The fourth-order valence-corrected chi connectivity index (χ4v) is 2.20. The first-order valence-electron chi connectivity index (χ1n) is 5.71. The number of benzene rings is 1. The molecule has 0 unspecified atom stereocenters. The summed E-state index contributed by atoms with van der Waals surface area (Å²) in [6.07, 6.45) is 4.88. The van der Waals surface area contributed by atoms with E-state index in [9.17, 15) is 4.79 Å². The fourth-order valence-electron chi connectivity index (χ4n) is 1.43. The molecule has 2 N–H and O–H groups in total. The number of carbonyl (C=O) groups is 1. The van der Waals surface area contributed by atoms with Crippen molar-refractivity contribution in [1.29, 1.82) is 0 Å². The van der Waals surface area contributed by atoms with E-state index < -0.39 is 0 Å². The summed E-state index contributed by atoms with van der Waals surface area (Å²) in [7, 11) is 0. The Hall–Kier alpha value is -2.08. The third kappa shape index (κ3) is 3.45. The topological polar surface area (TPSA) is 78.1 Å². The summed E-state index contributed by atoms with van der Waals surface area (Å²) in [5, 5.41) is 0.748. The fraction of sp³-hybridized carbons (Fsp3) is 0.154. The largest absolute Gasteiger partial charge is 0.462 e. The summed E-state index contributed by atoms with van der Waals surface area (Å²) in [5.74, 6) is -0.370. The van der Waals surface area contributed by atoms with Crippen molar-refractivity contribution in [2.75, 3.05) is 12.3 Å². The summed E-state index contributed by atoms with van der Waals surface area (Å²) in [6.45, 7) is 2.11. The first kappa shape index (κ1) is 13.4. The van der Waals surface area contributed by atoms with Gasteiger partial charge >= 0.3 is 5.97 Å². The van der Waals surface area contributed by atoms with E-state index in [1.54, 1.807) is 43.7 Å². The van der Waals surface area contributed by atoms with E-state index in [2.05, 4.69) is 9.97 Å². The lowest BCUT2D eigenvalue weighted by Crippen LogP contribution is -2.05. The molecule has 1 heterocycles. The number of rotatable bonds is 4. The number of esters is 1. The molecule has 0 atom stereocenters. The van der Waals surface area contributed by atoms with E-state index >= 15 is 0 Å². The van der Waals surface area contributed by atoms with Gasteiger partial charge in [-0.2, -0.15) is 0 Å². The molecule has 1 aromatic heterocycles. The first-order valence-corrected chi connectivity index (χ1v) is 6.53. The van der Waals surface area contributed by atoms with Crippen molar-refractivity contribution in [2.45, 2.75) is 16.8 Å². The van der Waals surface area contributed by atoms with Crippen LogP contribution in [0.5, 0.6) is 0 Å². The Balaban J connectivity index is 2.18. The van der Waals surface area contributed by atoms with E-state index in [4.69, 9.17) is 10.5 Å². The Morgan fingerprint density at radius 3 is 2.89 bits per heavy atom. The number of nitrogen functional groups attached to an aromatic ring is 1. The Morgan fingerprint density at radius 2 is 2.26 bits per heavy atom. The number of hydrogen-bond acceptors (Lipinski definition) is 6. The molecule has 0 radical (unpaired) electrons. The van der Waals surface area contributed by atoms with Crippen LogP contribution in [-0.2, 0) is 4.74 Å². The van der Waals surface area contributed by atoms with E-state index in [-0.39, 0.29) is 5.97 Å². The van der Waals surface area contributed by atoms with Crippen molar-refractivity contribution in [3.63, 3.8) is 0 Å². The minimum atomic E-state index is -0.370. The van der Waals surface area contributed by atoms with E-state index in [1.807, 2.05) is 0 Å². The highest BCUT2D eigenvalue weighted by Gasteiger charge is 2.10. The SMILES string of the molecule is CCOC(=O)c1ccc(Sc2cnccn2)c(N)c1. The van der Waals surface area contributed by atoms with Gasteiger partial charge in [-0.05, 0) is 25.1 Å². The van der Waals surface area contributed by atoms with Gasteiger partial charge in [-0.1, -0.05) is 11.8 Å². The molecule has 2 rings (SSSR count). The number of ether oxygens (including phenoxy) is 1. The van der Waals surface area contributed by atoms with Gasteiger partial charge in [0.2, 0.25) is 0 Å². The molecule has 0 aliphatic carbocycles. The second-order valence-electron chi connectivity index (χ2n) is 3.62. The Bertz CT molecular complexity index is 575. The molecule has 0 bridgehead atoms. The molecule has 0 saturated heterocycles. The van der Waals surface area contributed by atoms with Gasteiger partial charge < -0.3 is 10.5 Å². The lowest BCUT2D eigenvalue weighted by Gasteiger charge is -2.07. The summed E-state index contributed by atoms with van der Waals surface area (Å²) < 4.78 is 4.92. The molecule has 98 valence electrons. The zero-order valence-electron chi connectivity index (χ0n) is 10.4. The van der Waals surface area contributed by atoms with E-state index in [0.717, 1.165) is 9.92 Å². The van der Waals surface area contributed by atoms with Crippen LogP contribution in [0, 0.1) is 0 Å². The Labute approximate surface area is 115 Å². The Morgan fingerprint density at radius 1 is 1.42 bits per heavy atom. The lowest BCUT2D eigenvalue weighted by atomic mass is 10.2. The molecule has 0 aliphatic rings. The molecule has 5 nitrogen and oxygen atoms in total. The maximum atomic E-state index is 11.6. The summed E-state index contributed by atoms with van der Waals surface area (Å²) >= 11 is 1.40. The number of carbonyl (C=O) groups excluding carboxylic acids is 1. The zero-order chi connectivity index (χ0) is 13.7. The summed E-state index contributed by atoms with van der Waals surface area (Å²) in [4.78, 5) is 20.5. The van der Waals surface area contributed by atoms with Crippen molar-refractivity contribution in [3.8, 4) is 0 Å². The molecule has 1 aromatic carbocycles. The predicted octanol–water partition coefficient (Wildman–Crippen LogP) is 2.39. The van der Waals surface area contributed by atoms with Gasteiger partial charge in [0.1, 0.15) is 5.03 Å². The molecule has 2 aromatic rings. The van der Waals surface area contributed by atoms with Gasteiger partial charge in [-0.15, -0.1) is 0 Å². The number of aromatic nitrogens is 2. The number of nitrogens with two attached hydrogens (primary N) is 1. The van der Waals surface area contributed by atoms with E-state index in [0.29, 0.717) is 17.9 Å². The van der Waals surface area contributed by atoms with Crippen molar-refractivity contribution in [1.82, 2.24) is 9.97 Å². The molecular weight excluding hydrogens is 262 g/mol. The van der Waals surface area contributed by atoms with Crippen LogP contribution >= 0.6 is 11.8 Å². The monoisotopic (exact) mass is 275 g/mol. The minimum Gasteiger partial charge on any atom is -0.462 e. The van der Waals surface area contributed by atoms with Crippen molar-refractivity contribution in [2.24, 2.45) is 0 Å². The average molecular weight is 275 g/mol. The molecule has 0 amide bonds. The molecule has 6 heteroatoms. The van der Waals surface area contributed by atoms with Gasteiger partial charge in [-0.25, -0.2) is 9.78 Å². The molecule has 0 spiro atoms. The molecule has 0 saturated carbocycles. The van der Waals surface area contributed by atoms with Gasteiger partial charge in [0, 0.05) is 23.0 Å². The van der Waals surface area contributed by atoms with Crippen LogP contribution < -0.4 is 5.73 Å². The number of hydrogen-bond donors (Lipinski definition) is 1. The molecule has 19 heavy (non-hydrogen) atoms. The van der Waals surface area contributed by atoms with Crippen LogP contribution in [0.25, 0.3) is 0 Å². The minimum absolute atomic E-state index is 0.342. The highest BCUT2D eigenvalue weighted by Crippen LogP contribution is 2.30. The normalized spacial score (nSPS) is 10.2. The van der Waals surface area contributed by atoms with E-state index in [1.165, 1.54) is 11.8 Å². The molecular formula is C13H13N3O2S. The third-order valence-corrected chi connectivity index (χ3v) is 3.29. The van der Waals surface area contributed by atoms with Crippen LogP contribution in [0.4, 0.5) is 5.69 Å². The quantitative estimate of drug-likeness (QED) is 0.682. The van der Waals surface area contributed by atoms with Crippen LogP contribution in [0.3, 0.4) is 0 Å². The second kappa shape index (κ2) is 6.19. The average Bonchev–Trinajstić information content (AvgIpc) is 2.42. The van der Waals surface area contributed by atoms with Crippen molar-refractivity contribution < 1.29 is 9.53 Å². The predicted molar refractivity (Wildman–Crippen MR) is 73.0 cm³/mol. The lowest BCUT2D eigenvalue weighted by molar-refractivity contribution is 0.0526. The molecule has 0 fully saturated rings. The Kier molecular flexibility index (Phi) is 4.35. The van der Waals surface area contributed by atoms with Gasteiger partial charge in [-0.3, -0.25) is 4.98 Å². The number of nitrogens with zero attached hydrogens (tertiary/aromatic N) is 2. The van der Waals surface area contributed by atoms with Crippen molar-refractivity contribution >= 4 is 23.4 Å². The number of anilines is 1. The standard InChI is InChI=1S/C13H13N3O2S/c1-2-18-13(17)9-3-4-11(10(14)7-9)19-12-8-15-5-6-16-12/h3-8H,2,14H2,1H3. The highest BCUT2D eigenvalue weighted by atomic mass is 32.2. The second-order valence-corrected chi connectivity index (χ2v) is 4.68. The van der Waals surface area contributed by atoms with Crippen LogP contribution in [-0.4, -0.2) is 22.5 Å². The van der Waals surface area contributed by atoms with Crippen LogP contribution in [0.2, 0.25) is 0 Å². The van der Waals surface area contributed by atoms with Gasteiger partial charge in [0.25, 0.3) is 0 Å². The van der Waals surface area contributed by atoms with Crippen LogP contribution in [0.15, 0.2) is 46.7 Å². The first-order chi connectivity index (χ1) is 9.20. The van der Waals surface area contributed by atoms with Gasteiger partial charge in [0.15, 0.2) is 0 Å². The maximum Gasteiger partial charge on any atom is 0.338 e. The van der Waals surface area contributed by atoms with Gasteiger partial charge in [0.05, 0.1) is 18.4 Å². The summed E-state index contributed by atoms with van der Waals surface area (Å²) in [6, 6.07) is 5.07. The van der Waals surface area contributed by atoms with Crippen molar-refractivity contribution in [3.05, 3.63) is 42.4 Å².